The lowest BCUT2D eigenvalue weighted by Crippen LogP contribution is -2.33. The molecule has 90 valence electrons. The molecule has 0 aliphatic rings. The van der Waals surface area contributed by atoms with Crippen LogP contribution < -0.4 is 9.80 Å². The number of aromatic nitrogens is 2. The zero-order chi connectivity index (χ0) is 12.1. The summed E-state index contributed by atoms with van der Waals surface area (Å²) in [6, 6.07) is 2.29. The maximum Gasteiger partial charge on any atom is 0.226 e. The molecule has 5 heteroatoms. The van der Waals surface area contributed by atoms with E-state index in [9.17, 15) is 0 Å². The Bertz CT molecular complexity index is 328. The second-order valence-corrected chi connectivity index (χ2v) is 4.46. The molecule has 0 fully saturated rings. The minimum absolute atomic E-state index is 0.378. The Morgan fingerprint density at radius 2 is 2.06 bits per heavy atom. The molecule has 16 heavy (non-hydrogen) atoms. The molecule has 0 saturated carbocycles. The van der Waals surface area contributed by atoms with Crippen molar-refractivity contribution in [3.05, 3.63) is 12.3 Å². The summed E-state index contributed by atoms with van der Waals surface area (Å²) in [7, 11) is 3.86. The van der Waals surface area contributed by atoms with Crippen molar-refractivity contribution in [1.82, 2.24) is 9.97 Å². The number of nitrogens with zero attached hydrogens (tertiary/aromatic N) is 4. The zero-order valence-electron chi connectivity index (χ0n) is 10.3. The highest BCUT2D eigenvalue weighted by Gasteiger charge is 2.12. The first-order chi connectivity index (χ1) is 7.56. The first-order valence-electron chi connectivity index (χ1n) is 5.39. The summed E-state index contributed by atoms with van der Waals surface area (Å²) in [5, 5.41) is 0. The maximum atomic E-state index is 5.80. The van der Waals surface area contributed by atoms with E-state index in [-0.39, 0.29) is 0 Å². The second-order valence-electron chi connectivity index (χ2n) is 4.09. The predicted molar refractivity (Wildman–Crippen MR) is 69.6 cm³/mol. The number of alkyl halides is 1. The molecule has 0 amide bonds. The Morgan fingerprint density at radius 3 is 2.56 bits per heavy atom. The molecular weight excluding hydrogens is 224 g/mol. The summed E-state index contributed by atoms with van der Waals surface area (Å²) >= 11 is 5.80. The third kappa shape index (κ3) is 3.23. The van der Waals surface area contributed by atoms with Crippen LogP contribution in [0, 0.1) is 0 Å². The van der Waals surface area contributed by atoms with Gasteiger partial charge in [-0.3, -0.25) is 0 Å². The number of anilines is 2. The van der Waals surface area contributed by atoms with E-state index in [0.29, 0.717) is 11.9 Å². The molecule has 0 bridgehead atoms. The van der Waals surface area contributed by atoms with Gasteiger partial charge in [-0.1, -0.05) is 0 Å². The number of hydrogen-bond acceptors (Lipinski definition) is 4. The molecule has 1 rings (SSSR count). The van der Waals surface area contributed by atoms with Gasteiger partial charge in [0.1, 0.15) is 5.82 Å². The van der Waals surface area contributed by atoms with Crippen molar-refractivity contribution in [2.45, 2.75) is 19.9 Å². The third-order valence-electron chi connectivity index (χ3n) is 2.27. The average Bonchev–Trinajstić information content (AvgIpc) is 2.25. The molecule has 0 spiro atoms. The summed E-state index contributed by atoms with van der Waals surface area (Å²) in [5.74, 6) is 2.24. The minimum atomic E-state index is 0.378. The van der Waals surface area contributed by atoms with E-state index in [0.717, 1.165) is 18.3 Å². The van der Waals surface area contributed by atoms with Crippen molar-refractivity contribution in [1.29, 1.82) is 0 Å². The molecule has 0 unspecified atom stereocenters. The normalized spacial score (nSPS) is 10.6. The molecule has 0 radical (unpaired) electrons. The summed E-state index contributed by atoms with van der Waals surface area (Å²) in [4.78, 5) is 12.8. The van der Waals surface area contributed by atoms with Crippen molar-refractivity contribution in [3.63, 3.8) is 0 Å². The van der Waals surface area contributed by atoms with Gasteiger partial charge in [0.2, 0.25) is 5.95 Å². The van der Waals surface area contributed by atoms with Gasteiger partial charge in [0.25, 0.3) is 0 Å². The molecule has 1 heterocycles. The molecule has 1 aromatic rings. The molecule has 4 nitrogen and oxygen atoms in total. The van der Waals surface area contributed by atoms with Crippen LogP contribution in [0.4, 0.5) is 11.8 Å². The van der Waals surface area contributed by atoms with Gasteiger partial charge in [0, 0.05) is 38.8 Å². The highest BCUT2D eigenvalue weighted by Crippen LogP contribution is 2.16. The molecule has 0 aliphatic heterocycles. The maximum absolute atomic E-state index is 5.80. The smallest absolute Gasteiger partial charge is 0.226 e. The van der Waals surface area contributed by atoms with Crippen LogP contribution in [-0.4, -0.2) is 42.5 Å². The van der Waals surface area contributed by atoms with Gasteiger partial charge in [0.15, 0.2) is 0 Å². The fraction of sp³-hybridized carbons (Fsp3) is 0.636. The Balaban J connectivity index is 2.95. The van der Waals surface area contributed by atoms with Gasteiger partial charge >= 0.3 is 0 Å². The molecule has 0 saturated heterocycles. The average molecular weight is 243 g/mol. The summed E-state index contributed by atoms with van der Waals surface area (Å²) in [6.07, 6.45) is 1.78. The second kappa shape index (κ2) is 5.89. The van der Waals surface area contributed by atoms with E-state index in [1.165, 1.54) is 0 Å². The van der Waals surface area contributed by atoms with E-state index < -0.39 is 0 Å². The van der Waals surface area contributed by atoms with E-state index >= 15 is 0 Å². The first-order valence-corrected chi connectivity index (χ1v) is 5.92. The first kappa shape index (κ1) is 13.0. The Kier molecular flexibility index (Phi) is 4.80. The summed E-state index contributed by atoms with van der Waals surface area (Å²) in [5.41, 5.74) is 0. The van der Waals surface area contributed by atoms with Crippen molar-refractivity contribution in [2.75, 3.05) is 36.3 Å². The monoisotopic (exact) mass is 242 g/mol. The van der Waals surface area contributed by atoms with Crippen LogP contribution in [-0.2, 0) is 0 Å². The van der Waals surface area contributed by atoms with Crippen molar-refractivity contribution < 1.29 is 0 Å². The van der Waals surface area contributed by atoms with Gasteiger partial charge in [0.05, 0.1) is 0 Å². The standard InChI is InChI=1S/C11H19ClN4/c1-9(2)16(8-6-12)10-5-7-13-11(14-10)15(3)4/h5,7,9H,6,8H2,1-4H3. The fourth-order valence-corrected chi connectivity index (χ4v) is 1.63. The number of hydrogen-bond donors (Lipinski definition) is 0. The topological polar surface area (TPSA) is 32.3 Å². The van der Waals surface area contributed by atoms with Crippen LogP contribution in [0.5, 0.6) is 0 Å². The number of halogens is 1. The van der Waals surface area contributed by atoms with Crippen LogP contribution in [0.3, 0.4) is 0 Å². The van der Waals surface area contributed by atoms with E-state index in [4.69, 9.17) is 11.6 Å². The Labute approximate surface area is 102 Å². The van der Waals surface area contributed by atoms with Crippen LogP contribution >= 0.6 is 11.6 Å². The third-order valence-corrected chi connectivity index (χ3v) is 2.44. The van der Waals surface area contributed by atoms with Crippen LogP contribution in [0.25, 0.3) is 0 Å². The Hall–Kier alpha value is -1.03. The van der Waals surface area contributed by atoms with Gasteiger partial charge < -0.3 is 9.80 Å². The zero-order valence-corrected chi connectivity index (χ0v) is 11.1. The lowest BCUT2D eigenvalue weighted by Gasteiger charge is -2.27. The highest BCUT2D eigenvalue weighted by atomic mass is 35.5. The molecule has 0 aliphatic carbocycles. The Morgan fingerprint density at radius 1 is 1.38 bits per heavy atom. The summed E-state index contributed by atoms with van der Waals surface area (Å²) in [6.45, 7) is 5.05. The van der Waals surface area contributed by atoms with Crippen LogP contribution in [0.2, 0.25) is 0 Å². The molecular formula is C11H19ClN4. The predicted octanol–water partition coefficient (Wildman–Crippen LogP) is 2.00. The minimum Gasteiger partial charge on any atom is -0.353 e. The van der Waals surface area contributed by atoms with Crippen LogP contribution in [0.15, 0.2) is 12.3 Å². The molecule has 1 aromatic heterocycles. The molecule has 0 N–H and O–H groups in total. The largest absolute Gasteiger partial charge is 0.353 e. The van der Waals surface area contributed by atoms with Gasteiger partial charge in [-0.05, 0) is 19.9 Å². The van der Waals surface area contributed by atoms with Crippen molar-refractivity contribution >= 4 is 23.4 Å². The quantitative estimate of drug-likeness (QED) is 0.740. The van der Waals surface area contributed by atoms with Gasteiger partial charge in [-0.15, -0.1) is 11.6 Å². The lowest BCUT2D eigenvalue weighted by molar-refractivity contribution is 0.693. The fourth-order valence-electron chi connectivity index (χ4n) is 1.44. The SMILES string of the molecule is CC(C)N(CCCl)c1ccnc(N(C)C)n1. The van der Waals surface area contributed by atoms with Gasteiger partial charge in [-0.2, -0.15) is 4.98 Å². The summed E-state index contributed by atoms with van der Waals surface area (Å²) < 4.78 is 0. The number of rotatable bonds is 5. The van der Waals surface area contributed by atoms with E-state index in [1.807, 2.05) is 25.1 Å². The van der Waals surface area contributed by atoms with Crippen molar-refractivity contribution in [2.24, 2.45) is 0 Å². The van der Waals surface area contributed by atoms with Gasteiger partial charge in [-0.25, -0.2) is 4.98 Å². The van der Waals surface area contributed by atoms with Crippen molar-refractivity contribution in [3.8, 4) is 0 Å². The van der Waals surface area contributed by atoms with Crippen LogP contribution in [0.1, 0.15) is 13.8 Å². The molecule has 0 atom stereocenters. The van der Waals surface area contributed by atoms with E-state index in [1.54, 1.807) is 6.20 Å². The highest BCUT2D eigenvalue weighted by molar-refractivity contribution is 6.18. The lowest BCUT2D eigenvalue weighted by atomic mass is 10.3. The van der Waals surface area contributed by atoms with E-state index in [2.05, 4.69) is 28.7 Å². The molecule has 0 aromatic carbocycles.